The second-order valence-electron chi connectivity index (χ2n) is 6.16. The smallest absolute Gasteiger partial charge is 0.350 e. The molecule has 0 aliphatic rings. The van der Waals surface area contributed by atoms with Crippen LogP contribution in [0.15, 0.2) is 60.7 Å². The highest BCUT2D eigenvalue weighted by Gasteiger charge is 2.54. The lowest BCUT2D eigenvalue weighted by atomic mass is 9.77. The second kappa shape index (κ2) is 9.80. The van der Waals surface area contributed by atoms with E-state index in [0.717, 1.165) is 0 Å². The van der Waals surface area contributed by atoms with Crippen LogP contribution < -0.4 is 0 Å². The Labute approximate surface area is 164 Å². The van der Waals surface area contributed by atoms with Crippen LogP contribution in [0.1, 0.15) is 42.1 Å². The first-order chi connectivity index (χ1) is 13.4. The molecule has 1 N–H and O–H groups in total. The summed E-state index contributed by atoms with van der Waals surface area (Å²) in [5.74, 6) is -3.76. The lowest BCUT2D eigenvalue weighted by Crippen LogP contribution is -2.54. The molecule has 0 aromatic heterocycles. The van der Waals surface area contributed by atoms with Crippen molar-refractivity contribution in [1.29, 1.82) is 0 Å². The molecule has 28 heavy (non-hydrogen) atoms. The molecule has 148 valence electrons. The summed E-state index contributed by atoms with van der Waals surface area (Å²) >= 11 is 0. The van der Waals surface area contributed by atoms with Gasteiger partial charge in [0.2, 0.25) is 0 Å². The van der Waals surface area contributed by atoms with Gasteiger partial charge in [-0.15, -0.1) is 0 Å². The van der Waals surface area contributed by atoms with Gasteiger partial charge in [-0.2, -0.15) is 0 Å². The maximum atomic E-state index is 12.8. The van der Waals surface area contributed by atoms with Crippen molar-refractivity contribution in [2.75, 3.05) is 13.2 Å². The van der Waals surface area contributed by atoms with Crippen molar-refractivity contribution >= 4 is 17.7 Å². The molecule has 0 radical (unpaired) electrons. The summed E-state index contributed by atoms with van der Waals surface area (Å²) in [4.78, 5) is 38.1. The molecule has 6 heteroatoms. The highest BCUT2D eigenvalue weighted by molar-refractivity contribution is 6.06. The third kappa shape index (κ3) is 4.64. The molecule has 0 saturated carbocycles. The molecular weight excluding hydrogens is 360 g/mol. The van der Waals surface area contributed by atoms with Crippen molar-refractivity contribution in [3.8, 4) is 0 Å². The van der Waals surface area contributed by atoms with E-state index in [1.54, 1.807) is 74.5 Å². The summed E-state index contributed by atoms with van der Waals surface area (Å²) in [5.41, 5.74) is -1.77. The zero-order chi connectivity index (χ0) is 20.6. The quantitative estimate of drug-likeness (QED) is 0.406. The number of aliphatic hydroxyl groups is 1. The maximum absolute atomic E-state index is 12.8. The molecule has 0 amide bonds. The topological polar surface area (TPSA) is 89.9 Å². The number of ketones is 1. The van der Waals surface area contributed by atoms with Crippen LogP contribution in [-0.2, 0) is 19.1 Å². The average Bonchev–Trinajstić information content (AvgIpc) is 2.72. The Morgan fingerprint density at radius 3 is 1.79 bits per heavy atom. The van der Waals surface area contributed by atoms with Crippen molar-refractivity contribution < 1.29 is 29.0 Å². The van der Waals surface area contributed by atoms with E-state index in [0.29, 0.717) is 11.1 Å². The molecule has 0 spiro atoms. The molecule has 6 nitrogen and oxygen atoms in total. The van der Waals surface area contributed by atoms with Crippen molar-refractivity contribution in [2.24, 2.45) is 0 Å². The van der Waals surface area contributed by atoms with Crippen molar-refractivity contribution in [3.63, 3.8) is 0 Å². The van der Waals surface area contributed by atoms with Gasteiger partial charge in [-0.25, -0.2) is 9.59 Å². The first-order valence-corrected chi connectivity index (χ1v) is 9.15. The van der Waals surface area contributed by atoms with Crippen LogP contribution in [0.2, 0.25) is 0 Å². The number of benzene rings is 2. The average molecular weight is 384 g/mol. The zero-order valence-corrected chi connectivity index (χ0v) is 16.0. The molecule has 1 unspecified atom stereocenters. The standard InChI is InChI=1S/C22H24O6/c1-3-27-20(24)22(26,21(25)28-4-2)18(16-11-7-5-8-12-16)15-19(23)17-13-9-6-10-14-17/h5-14,18,26H,3-4,15H2,1-2H3. The Kier molecular flexibility index (Phi) is 7.46. The third-order valence-corrected chi connectivity index (χ3v) is 4.36. The number of carbonyl (C=O) groups is 3. The number of rotatable bonds is 9. The highest BCUT2D eigenvalue weighted by atomic mass is 16.6. The van der Waals surface area contributed by atoms with Gasteiger partial charge in [0.15, 0.2) is 5.78 Å². The number of hydrogen-bond donors (Lipinski definition) is 1. The molecule has 2 aromatic carbocycles. The summed E-state index contributed by atoms with van der Waals surface area (Å²) in [6.45, 7) is 3.07. The predicted octanol–water partition coefficient (Wildman–Crippen LogP) is 2.90. The van der Waals surface area contributed by atoms with E-state index in [9.17, 15) is 19.5 Å². The van der Waals surface area contributed by atoms with Gasteiger partial charge < -0.3 is 14.6 Å². The zero-order valence-electron chi connectivity index (χ0n) is 16.0. The van der Waals surface area contributed by atoms with Crippen LogP contribution in [-0.4, -0.2) is 41.6 Å². The Morgan fingerprint density at radius 2 is 1.32 bits per heavy atom. The third-order valence-electron chi connectivity index (χ3n) is 4.36. The minimum absolute atomic E-state index is 0.0330. The maximum Gasteiger partial charge on any atom is 0.350 e. The lowest BCUT2D eigenvalue weighted by Gasteiger charge is -2.32. The van der Waals surface area contributed by atoms with Crippen LogP contribution in [0.4, 0.5) is 0 Å². The summed E-state index contributed by atoms with van der Waals surface area (Å²) in [6, 6.07) is 16.9. The van der Waals surface area contributed by atoms with Gasteiger partial charge in [0.1, 0.15) is 0 Å². The fraction of sp³-hybridized carbons (Fsp3) is 0.318. The molecule has 1 atom stereocenters. The fourth-order valence-corrected chi connectivity index (χ4v) is 2.97. The van der Waals surface area contributed by atoms with E-state index < -0.39 is 23.5 Å². The summed E-state index contributed by atoms with van der Waals surface area (Å²) in [5, 5.41) is 11.2. The SMILES string of the molecule is CCOC(=O)C(O)(C(=O)OCC)C(CC(=O)c1ccccc1)c1ccccc1. The number of esters is 2. The molecule has 2 rings (SSSR count). The van der Waals surface area contributed by atoms with Gasteiger partial charge in [-0.1, -0.05) is 60.7 Å². The monoisotopic (exact) mass is 384 g/mol. The largest absolute Gasteiger partial charge is 0.463 e. The predicted molar refractivity (Wildman–Crippen MR) is 103 cm³/mol. The summed E-state index contributed by atoms with van der Waals surface area (Å²) in [6.07, 6.45) is -0.276. The van der Waals surface area contributed by atoms with E-state index in [4.69, 9.17) is 9.47 Å². The Hall–Kier alpha value is -2.99. The molecular formula is C22H24O6. The molecule has 2 aromatic rings. The Balaban J connectivity index is 2.52. The van der Waals surface area contributed by atoms with Crippen LogP contribution in [0.25, 0.3) is 0 Å². The van der Waals surface area contributed by atoms with Crippen molar-refractivity contribution in [1.82, 2.24) is 0 Å². The molecule has 0 bridgehead atoms. The van der Waals surface area contributed by atoms with Crippen LogP contribution in [0.3, 0.4) is 0 Å². The molecule has 0 aliphatic heterocycles. The van der Waals surface area contributed by atoms with E-state index in [1.165, 1.54) is 0 Å². The number of hydrogen-bond acceptors (Lipinski definition) is 6. The molecule has 0 aliphatic carbocycles. The molecule has 0 fully saturated rings. The van der Waals surface area contributed by atoms with Gasteiger partial charge in [0, 0.05) is 17.9 Å². The summed E-state index contributed by atoms with van der Waals surface area (Å²) in [7, 11) is 0. The molecule has 0 heterocycles. The fourth-order valence-electron chi connectivity index (χ4n) is 2.97. The first kappa shape index (κ1) is 21.3. The number of Topliss-reactive ketones (excluding diaryl/α,β-unsaturated/α-hetero) is 1. The minimum Gasteiger partial charge on any atom is -0.463 e. The minimum atomic E-state index is -2.64. The normalized spacial score (nSPS) is 12.1. The number of ether oxygens (including phenoxy) is 2. The van der Waals surface area contributed by atoms with E-state index in [-0.39, 0.29) is 25.4 Å². The highest BCUT2D eigenvalue weighted by Crippen LogP contribution is 2.35. The Morgan fingerprint density at radius 1 is 0.857 bits per heavy atom. The van der Waals surface area contributed by atoms with E-state index >= 15 is 0 Å². The van der Waals surface area contributed by atoms with E-state index in [1.807, 2.05) is 0 Å². The van der Waals surface area contributed by atoms with Gasteiger partial charge in [-0.05, 0) is 19.4 Å². The van der Waals surface area contributed by atoms with Crippen LogP contribution >= 0.6 is 0 Å². The second-order valence-corrected chi connectivity index (χ2v) is 6.16. The van der Waals surface area contributed by atoms with Gasteiger partial charge in [0.05, 0.1) is 13.2 Å². The van der Waals surface area contributed by atoms with Gasteiger partial charge in [0.25, 0.3) is 5.60 Å². The molecule has 0 saturated heterocycles. The van der Waals surface area contributed by atoms with Crippen molar-refractivity contribution in [2.45, 2.75) is 31.8 Å². The van der Waals surface area contributed by atoms with Gasteiger partial charge in [-0.3, -0.25) is 4.79 Å². The summed E-state index contributed by atoms with van der Waals surface area (Å²) < 4.78 is 9.93. The Bertz CT molecular complexity index is 782. The van der Waals surface area contributed by atoms with Crippen molar-refractivity contribution in [3.05, 3.63) is 71.8 Å². The van der Waals surface area contributed by atoms with Gasteiger partial charge >= 0.3 is 11.9 Å². The lowest BCUT2D eigenvalue weighted by molar-refractivity contribution is -0.186. The van der Waals surface area contributed by atoms with E-state index in [2.05, 4.69) is 0 Å². The van der Waals surface area contributed by atoms with Crippen LogP contribution in [0.5, 0.6) is 0 Å². The van der Waals surface area contributed by atoms with Crippen LogP contribution in [0, 0.1) is 0 Å². The first-order valence-electron chi connectivity index (χ1n) is 9.15. The number of carbonyl (C=O) groups excluding carboxylic acids is 3.